The lowest BCUT2D eigenvalue weighted by Crippen LogP contribution is -2.35. The van der Waals surface area contributed by atoms with Gasteiger partial charge in [0.25, 0.3) is 0 Å². The van der Waals surface area contributed by atoms with Crippen LogP contribution in [0.15, 0.2) is 15.4 Å². The molecule has 0 aliphatic carbocycles. The molecule has 0 aromatic carbocycles. The molecule has 0 fully saturated rings. The topological polar surface area (TPSA) is 80.9 Å². The summed E-state index contributed by atoms with van der Waals surface area (Å²) in [5.41, 5.74) is 5.75. The monoisotopic (exact) mass is 364 g/mol. The summed E-state index contributed by atoms with van der Waals surface area (Å²) in [7, 11) is 0. The lowest BCUT2D eigenvalue weighted by molar-refractivity contribution is -0.117. The van der Waals surface area contributed by atoms with E-state index in [1.54, 1.807) is 0 Å². The third-order valence-electron chi connectivity index (χ3n) is 2.15. The average Bonchev–Trinajstić information content (AvgIpc) is 2.29. The van der Waals surface area contributed by atoms with Crippen molar-refractivity contribution in [2.75, 3.05) is 5.32 Å². The summed E-state index contributed by atoms with van der Waals surface area (Å²) in [5, 5.41) is 2.64. The number of hydrogen-bond donors (Lipinski definition) is 2. The minimum absolute atomic E-state index is 0.240. The highest BCUT2D eigenvalue weighted by molar-refractivity contribution is 9.11. The van der Waals surface area contributed by atoms with E-state index in [0.29, 0.717) is 21.4 Å². The van der Waals surface area contributed by atoms with Crippen LogP contribution in [0.3, 0.4) is 0 Å². The fourth-order valence-corrected chi connectivity index (χ4v) is 2.11. The zero-order valence-corrected chi connectivity index (χ0v) is 12.6. The molecule has 94 valence electrons. The summed E-state index contributed by atoms with van der Waals surface area (Å²) >= 11 is 6.40. The number of rotatable bonds is 5. The summed E-state index contributed by atoms with van der Waals surface area (Å²) in [6.07, 6.45) is 4.13. The molecule has 1 aromatic rings. The molecular weight excluding hydrogens is 352 g/mol. The molecule has 0 aliphatic heterocycles. The molecule has 0 saturated heterocycles. The van der Waals surface area contributed by atoms with Crippen LogP contribution in [0.1, 0.15) is 26.2 Å². The molecule has 0 radical (unpaired) electrons. The lowest BCUT2D eigenvalue weighted by atomic mass is 10.1. The van der Waals surface area contributed by atoms with E-state index in [2.05, 4.69) is 54.1 Å². The summed E-state index contributed by atoms with van der Waals surface area (Å²) in [6.45, 7) is 2.06. The summed E-state index contributed by atoms with van der Waals surface area (Å²) in [4.78, 5) is 19.8. The van der Waals surface area contributed by atoms with Crippen LogP contribution < -0.4 is 11.1 Å². The van der Waals surface area contributed by atoms with E-state index in [9.17, 15) is 4.79 Å². The van der Waals surface area contributed by atoms with Crippen molar-refractivity contribution in [3.05, 3.63) is 15.4 Å². The maximum absolute atomic E-state index is 11.7. The number of nitrogens with zero attached hydrogens (tertiary/aromatic N) is 2. The van der Waals surface area contributed by atoms with Crippen LogP contribution in [0.4, 0.5) is 5.82 Å². The van der Waals surface area contributed by atoms with Gasteiger partial charge in [-0.2, -0.15) is 0 Å². The number of carbonyl (C=O) groups is 1. The van der Waals surface area contributed by atoms with Crippen LogP contribution >= 0.6 is 31.9 Å². The largest absolute Gasteiger partial charge is 0.320 e. The van der Waals surface area contributed by atoms with Crippen LogP contribution in [-0.4, -0.2) is 21.9 Å². The van der Waals surface area contributed by atoms with E-state index < -0.39 is 6.04 Å². The van der Waals surface area contributed by atoms with Gasteiger partial charge in [-0.1, -0.05) is 19.8 Å². The number of unbranched alkanes of at least 4 members (excludes halogenated alkanes) is 1. The second-order valence-electron chi connectivity index (χ2n) is 3.57. The smallest absolute Gasteiger partial charge is 0.242 e. The van der Waals surface area contributed by atoms with Crippen molar-refractivity contribution >= 4 is 43.6 Å². The Bertz CT molecular complexity index is 400. The maximum atomic E-state index is 11.7. The minimum atomic E-state index is -0.507. The van der Waals surface area contributed by atoms with Gasteiger partial charge in [0.15, 0.2) is 5.82 Å². The molecule has 1 amide bonds. The van der Waals surface area contributed by atoms with Gasteiger partial charge in [0.05, 0.1) is 12.2 Å². The van der Waals surface area contributed by atoms with Crippen LogP contribution in [0.5, 0.6) is 0 Å². The van der Waals surface area contributed by atoms with E-state index in [4.69, 9.17) is 5.73 Å². The zero-order valence-electron chi connectivity index (χ0n) is 9.41. The molecule has 3 N–H and O–H groups in total. The molecule has 5 nitrogen and oxygen atoms in total. The third kappa shape index (κ3) is 4.69. The molecule has 1 unspecified atom stereocenters. The van der Waals surface area contributed by atoms with Gasteiger partial charge in [-0.15, -0.1) is 0 Å². The van der Waals surface area contributed by atoms with Crippen molar-refractivity contribution < 1.29 is 4.79 Å². The fourth-order valence-electron chi connectivity index (χ4n) is 1.20. The quantitative estimate of drug-likeness (QED) is 0.839. The number of amides is 1. The molecule has 1 aromatic heterocycles. The van der Waals surface area contributed by atoms with Crippen LogP contribution in [0.2, 0.25) is 0 Å². The zero-order chi connectivity index (χ0) is 12.8. The number of nitrogens with two attached hydrogens (primary N) is 1. The number of halogens is 2. The minimum Gasteiger partial charge on any atom is -0.320 e. The number of nitrogens with one attached hydrogen (secondary N) is 1. The van der Waals surface area contributed by atoms with Crippen molar-refractivity contribution in [1.82, 2.24) is 9.97 Å². The Morgan fingerprint density at radius 1 is 1.59 bits per heavy atom. The molecule has 0 saturated carbocycles. The van der Waals surface area contributed by atoms with E-state index in [0.717, 1.165) is 12.8 Å². The van der Waals surface area contributed by atoms with Gasteiger partial charge < -0.3 is 11.1 Å². The van der Waals surface area contributed by atoms with Crippen LogP contribution in [0, 0.1) is 0 Å². The molecule has 17 heavy (non-hydrogen) atoms. The molecule has 0 aliphatic rings. The molecule has 7 heteroatoms. The highest BCUT2D eigenvalue weighted by atomic mass is 79.9. The van der Waals surface area contributed by atoms with E-state index >= 15 is 0 Å². The standard InChI is InChI=1S/C10H14Br2N4O/c1-2-3-4-6(13)10(17)16-9-8(12)15-7(11)5-14-9/h5-6H,2-4,13H2,1H3,(H,14,16,17). The van der Waals surface area contributed by atoms with Gasteiger partial charge >= 0.3 is 0 Å². The molecule has 1 rings (SSSR count). The van der Waals surface area contributed by atoms with Crippen molar-refractivity contribution in [2.24, 2.45) is 5.73 Å². The van der Waals surface area contributed by atoms with Crippen molar-refractivity contribution in [3.63, 3.8) is 0 Å². The lowest BCUT2D eigenvalue weighted by Gasteiger charge is -2.11. The predicted octanol–water partition coefficient (Wildman–Crippen LogP) is 2.46. The molecular formula is C10H14Br2N4O. The first-order valence-electron chi connectivity index (χ1n) is 5.29. The second-order valence-corrected chi connectivity index (χ2v) is 5.13. The third-order valence-corrected chi connectivity index (χ3v) is 3.08. The summed E-state index contributed by atoms with van der Waals surface area (Å²) in [6, 6.07) is -0.507. The average molecular weight is 366 g/mol. The highest BCUT2D eigenvalue weighted by Crippen LogP contribution is 2.19. The molecule has 0 bridgehead atoms. The van der Waals surface area contributed by atoms with Crippen LogP contribution in [-0.2, 0) is 4.79 Å². The Morgan fingerprint density at radius 2 is 2.29 bits per heavy atom. The number of carbonyl (C=O) groups excluding carboxylic acids is 1. The van der Waals surface area contributed by atoms with E-state index in [1.807, 2.05) is 0 Å². The van der Waals surface area contributed by atoms with E-state index in [-0.39, 0.29) is 5.91 Å². The summed E-state index contributed by atoms with van der Waals surface area (Å²) in [5.74, 6) is 0.140. The first-order chi connectivity index (χ1) is 8.04. The van der Waals surface area contributed by atoms with E-state index in [1.165, 1.54) is 6.20 Å². The van der Waals surface area contributed by atoms with Gasteiger partial charge in [-0.05, 0) is 38.3 Å². The molecule has 1 atom stereocenters. The maximum Gasteiger partial charge on any atom is 0.242 e. The number of anilines is 1. The number of hydrogen-bond acceptors (Lipinski definition) is 4. The Hall–Kier alpha value is -0.530. The highest BCUT2D eigenvalue weighted by Gasteiger charge is 2.15. The van der Waals surface area contributed by atoms with Gasteiger partial charge in [0.1, 0.15) is 9.21 Å². The molecule has 1 heterocycles. The first kappa shape index (κ1) is 14.5. The Labute approximate surface area is 117 Å². The second kappa shape index (κ2) is 7.03. The van der Waals surface area contributed by atoms with Crippen molar-refractivity contribution in [3.8, 4) is 0 Å². The summed E-state index contributed by atoms with van der Waals surface area (Å²) < 4.78 is 1.07. The fraction of sp³-hybridized carbons (Fsp3) is 0.500. The molecule has 0 spiro atoms. The van der Waals surface area contributed by atoms with Crippen molar-refractivity contribution in [2.45, 2.75) is 32.2 Å². The van der Waals surface area contributed by atoms with Gasteiger partial charge in [-0.3, -0.25) is 4.79 Å². The van der Waals surface area contributed by atoms with Crippen LogP contribution in [0.25, 0.3) is 0 Å². The van der Waals surface area contributed by atoms with Gasteiger partial charge in [0.2, 0.25) is 5.91 Å². The van der Waals surface area contributed by atoms with Gasteiger partial charge in [-0.25, -0.2) is 9.97 Å². The van der Waals surface area contributed by atoms with Crippen molar-refractivity contribution in [1.29, 1.82) is 0 Å². The Balaban J connectivity index is 2.61. The first-order valence-corrected chi connectivity index (χ1v) is 6.87. The number of aromatic nitrogens is 2. The Morgan fingerprint density at radius 3 is 2.88 bits per heavy atom. The normalized spacial score (nSPS) is 12.2. The van der Waals surface area contributed by atoms with Gasteiger partial charge in [0, 0.05) is 0 Å². The Kier molecular flexibility index (Phi) is 6.01. The predicted molar refractivity (Wildman–Crippen MR) is 73.6 cm³/mol. The SMILES string of the molecule is CCCCC(N)C(=O)Nc1ncc(Br)nc1Br.